The van der Waals surface area contributed by atoms with Crippen molar-refractivity contribution in [1.82, 2.24) is 0 Å². The molecule has 1 aromatic carbocycles. The Bertz CT molecular complexity index is 454. The number of sulfonamides is 1. The second-order valence-corrected chi connectivity index (χ2v) is 6.69. The van der Waals surface area contributed by atoms with E-state index >= 15 is 0 Å². The molecular formula is C11H17BrN2O2S. The van der Waals surface area contributed by atoms with Gasteiger partial charge in [-0.05, 0) is 50.1 Å². The molecule has 0 spiro atoms. The lowest BCUT2D eigenvalue weighted by Crippen LogP contribution is -2.17. The minimum absolute atomic E-state index is 0.107. The van der Waals surface area contributed by atoms with Crippen LogP contribution in [0.5, 0.6) is 0 Å². The molecule has 0 aromatic heterocycles. The summed E-state index contributed by atoms with van der Waals surface area (Å²) in [5.41, 5.74) is 6.92. The molecule has 0 bridgehead atoms. The number of nitrogens with two attached hydrogens (primary N) is 1. The van der Waals surface area contributed by atoms with E-state index in [-0.39, 0.29) is 5.75 Å². The Morgan fingerprint density at radius 3 is 2.59 bits per heavy atom. The number of unbranched alkanes of at least 4 members (excludes halogenated alkanes) is 1. The van der Waals surface area contributed by atoms with Crippen LogP contribution in [0.25, 0.3) is 0 Å². The number of hydrogen-bond donors (Lipinski definition) is 2. The van der Waals surface area contributed by atoms with Crippen LogP contribution in [0.2, 0.25) is 0 Å². The number of aryl methyl sites for hydroxylation is 1. The van der Waals surface area contributed by atoms with Gasteiger partial charge in [-0.25, -0.2) is 8.42 Å². The number of benzene rings is 1. The van der Waals surface area contributed by atoms with Gasteiger partial charge in [0.15, 0.2) is 0 Å². The van der Waals surface area contributed by atoms with Gasteiger partial charge in [0.2, 0.25) is 10.0 Å². The summed E-state index contributed by atoms with van der Waals surface area (Å²) in [6, 6.07) is 5.46. The lowest BCUT2D eigenvalue weighted by atomic mass is 10.2. The summed E-state index contributed by atoms with van der Waals surface area (Å²) in [7, 11) is -3.27. The fraction of sp³-hybridized carbons (Fsp3) is 0.455. The molecular weight excluding hydrogens is 304 g/mol. The number of hydrogen-bond acceptors (Lipinski definition) is 3. The molecule has 0 aliphatic heterocycles. The first-order valence-corrected chi connectivity index (χ1v) is 7.85. The molecule has 96 valence electrons. The Labute approximate surface area is 111 Å². The summed E-state index contributed by atoms with van der Waals surface area (Å²) in [5, 5.41) is 0. The van der Waals surface area contributed by atoms with Gasteiger partial charge in [-0.3, -0.25) is 4.72 Å². The molecule has 1 rings (SSSR count). The predicted octanol–water partition coefficient (Wildman–Crippen LogP) is 2.24. The summed E-state index contributed by atoms with van der Waals surface area (Å²) in [6.45, 7) is 2.43. The Morgan fingerprint density at radius 2 is 2.00 bits per heavy atom. The van der Waals surface area contributed by atoms with Crippen molar-refractivity contribution in [3.8, 4) is 0 Å². The molecule has 0 heterocycles. The highest BCUT2D eigenvalue weighted by molar-refractivity contribution is 9.10. The molecule has 3 N–H and O–H groups in total. The molecule has 0 atom stereocenters. The minimum atomic E-state index is -3.27. The third-order valence-corrected chi connectivity index (χ3v) is 4.01. The molecule has 17 heavy (non-hydrogen) atoms. The topological polar surface area (TPSA) is 72.2 Å². The first kappa shape index (κ1) is 14.5. The van der Waals surface area contributed by atoms with Crippen molar-refractivity contribution in [2.45, 2.75) is 19.8 Å². The highest BCUT2D eigenvalue weighted by Gasteiger charge is 2.10. The molecule has 0 saturated carbocycles. The largest absolute Gasteiger partial charge is 0.330 e. The minimum Gasteiger partial charge on any atom is -0.330 e. The highest BCUT2D eigenvalue weighted by Crippen LogP contribution is 2.20. The monoisotopic (exact) mass is 320 g/mol. The van der Waals surface area contributed by atoms with E-state index in [2.05, 4.69) is 20.7 Å². The molecule has 1 aromatic rings. The van der Waals surface area contributed by atoms with Gasteiger partial charge in [-0.15, -0.1) is 0 Å². The summed E-state index contributed by atoms with van der Waals surface area (Å²) >= 11 is 3.33. The van der Waals surface area contributed by atoms with Gasteiger partial charge in [0.25, 0.3) is 0 Å². The Hall–Kier alpha value is -0.590. The summed E-state index contributed by atoms with van der Waals surface area (Å²) < 4.78 is 26.9. The quantitative estimate of drug-likeness (QED) is 0.789. The standard InChI is InChI=1S/C11H17BrN2O2S/c1-9-6-10(12)8-11(7-9)14-17(15,16)5-3-2-4-13/h6-8,14H,2-5,13H2,1H3. The average Bonchev–Trinajstić information content (AvgIpc) is 2.14. The van der Waals surface area contributed by atoms with Crippen LogP contribution in [0.4, 0.5) is 5.69 Å². The number of nitrogens with one attached hydrogen (secondary N) is 1. The molecule has 0 saturated heterocycles. The number of anilines is 1. The third-order valence-electron chi connectivity index (χ3n) is 2.18. The van der Waals surface area contributed by atoms with Crippen molar-refractivity contribution in [3.63, 3.8) is 0 Å². The molecule has 6 heteroatoms. The first-order chi connectivity index (χ1) is 7.93. The van der Waals surface area contributed by atoms with Crippen LogP contribution in [0.3, 0.4) is 0 Å². The molecule has 0 unspecified atom stereocenters. The van der Waals surface area contributed by atoms with Crippen LogP contribution in [0.1, 0.15) is 18.4 Å². The van der Waals surface area contributed by atoms with E-state index in [1.165, 1.54) is 0 Å². The molecule has 0 aliphatic rings. The Kier molecular flexibility index (Phi) is 5.42. The number of rotatable bonds is 6. The van der Waals surface area contributed by atoms with Gasteiger partial charge < -0.3 is 5.73 Å². The lowest BCUT2D eigenvalue weighted by molar-refractivity contribution is 0.597. The van der Waals surface area contributed by atoms with Gasteiger partial charge in [-0.2, -0.15) is 0 Å². The van der Waals surface area contributed by atoms with Crippen LogP contribution in [-0.2, 0) is 10.0 Å². The third kappa shape index (κ3) is 5.52. The first-order valence-electron chi connectivity index (χ1n) is 5.41. The summed E-state index contributed by atoms with van der Waals surface area (Å²) in [4.78, 5) is 0. The Morgan fingerprint density at radius 1 is 1.29 bits per heavy atom. The van der Waals surface area contributed by atoms with Crippen molar-refractivity contribution in [2.75, 3.05) is 17.0 Å². The molecule has 0 radical (unpaired) electrons. The molecule has 0 aliphatic carbocycles. The van der Waals surface area contributed by atoms with E-state index in [0.29, 0.717) is 18.7 Å². The van der Waals surface area contributed by atoms with Crippen molar-refractivity contribution < 1.29 is 8.42 Å². The SMILES string of the molecule is Cc1cc(Br)cc(NS(=O)(=O)CCCCN)c1. The van der Waals surface area contributed by atoms with Gasteiger partial charge in [0, 0.05) is 10.2 Å². The normalized spacial score (nSPS) is 11.5. The zero-order valence-electron chi connectivity index (χ0n) is 9.74. The number of halogens is 1. The van der Waals surface area contributed by atoms with Crippen LogP contribution in [0, 0.1) is 6.92 Å². The van der Waals surface area contributed by atoms with Gasteiger partial charge >= 0.3 is 0 Å². The molecule has 4 nitrogen and oxygen atoms in total. The van der Waals surface area contributed by atoms with E-state index in [1.54, 1.807) is 12.1 Å². The van der Waals surface area contributed by atoms with E-state index in [4.69, 9.17) is 5.73 Å². The second-order valence-electron chi connectivity index (χ2n) is 3.93. The predicted molar refractivity (Wildman–Crippen MR) is 74.6 cm³/mol. The van der Waals surface area contributed by atoms with Gasteiger partial charge in [-0.1, -0.05) is 15.9 Å². The molecule has 0 fully saturated rings. The van der Waals surface area contributed by atoms with Crippen LogP contribution in [0.15, 0.2) is 22.7 Å². The Balaban J connectivity index is 2.69. The van der Waals surface area contributed by atoms with Crippen molar-refractivity contribution in [1.29, 1.82) is 0 Å². The van der Waals surface area contributed by atoms with E-state index in [0.717, 1.165) is 16.5 Å². The maximum absolute atomic E-state index is 11.7. The second kappa shape index (κ2) is 6.37. The zero-order valence-corrected chi connectivity index (χ0v) is 12.1. The fourth-order valence-electron chi connectivity index (χ4n) is 1.46. The van der Waals surface area contributed by atoms with Gasteiger partial charge in [0.05, 0.1) is 5.75 Å². The van der Waals surface area contributed by atoms with Crippen molar-refractivity contribution in [2.24, 2.45) is 5.73 Å². The average molecular weight is 321 g/mol. The van der Waals surface area contributed by atoms with Crippen LogP contribution >= 0.6 is 15.9 Å². The highest BCUT2D eigenvalue weighted by atomic mass is 79.9. The summed E-state index contributed by atoms with van der Waals surface area (Å²) in [5.74, 6) is 0.107. The van der Waals surface area contributed by atoms with Crippen molar-refractivity contribution >= 4 is 31.6 Å². The van der Waals surface area contributed by atoms with E-state index in [1.807, 2.05) is 13.0 Å². The maximum Gasteiger partial charge on any atom is 0.232 e. The van der Waals surface area contributed by atoms with Gasteiger partial charge in [0.1, 0.15) is 0 Å². The van der Waals surface area contributed by atoms with Crippen LogP contribution < -0.4 is 10.5 Å². The fourth-order valence-corrected chi connectivity index (χ4v) is 3.23. The molecule has 0 amide bonds. The lowest BCUT2D eigenvalue weighted by Gasteiger charge is -2.09. The van der Waals surface area contributed by atoms with Crippen molar-refractivity contribution in [3.05, 3.63) is 28.2 Å². The van der Waals surface area contributed by atoms with E-state index < -0.39 is 10.0 Å². The zero-order chi connectivity index (χ0) is 12.9. The maximum atomic E-state index is 11.7. The van der Waals surface area contributed by atoms with E-state index in [9.17, 15) is 8.42 Å². The van der Waals surface area contributed by atoms with Crippen LogP contribution in [-0.4, -0.2) is 20.7 Å². The summed E-state index contributed by atoms with van der Waals surface area (Å²) in [6.07, 6.45) is 1.30. The smallest absolute Gasteiger partial charge is 0.232 e.